The minimum absolute atomic E-state index is 0.215. The van der Waals surface area contributed by atoms with Crippen molar-refractivity contribution < 1.29 is 9.18 Å². The Bertz CT molecular complexity index is 1170. The van der Waals surface area contributed by atoms with Crippen LogP contribution < -0.4 is 21.5 Å². The molecule has 29 heavy (non-hydrogen) atoms. The first kappa shape index (κ1) is 17.7. The maximum absolute atomic E-state index is 13.4. The third-order valence-electron chi connectivity index (χ3n) is 5.16. The molecule has 3 N–H and O–H groups in total. The van der Waals surface area contributed by atoms with E-state index in [0.717, 1.165) is 12.8 Å². The minimum Gasteiger partial charge on any atom is -0.373 e. The molecular formula is C19H20FN7O2. The van der Waals surface area contributed by atoms with Gasteiger partial charge in [0.2, 0.25) is 0 Å². The topological polar surface area (TPSA) is 105 Å². The lowest BCUT2D eigenvalue weighted by Crippen LogP contribution is -2.25. The van der Waals surface area contributed by atoms with E-state index in [1.807, 2.05) is 0 Å². The van der Waals surface area contributed by atoms with Crippen molar-refractivity contribution in [2.45, 2.75) is 37.5 Å². The summed E-state index contributed by atoms with van der Waals surface area (Å²) in [5.41, 5.74) is 0.708. The highest BCUT2D eigenvalue weighted by Crippen LogP contribution is 2.37. The molecule has 1 amide bonds. The van der Waals surface area contributed by atoms with E-state index >= 15 is 0 Å². The van der Waals surface area contributed by atoms with Crippen molar-refractivity contribution in [3.63, 3.8) is 0 Å². The molecule has 2 saturated carbocycles. The molecule has 150 valence electrons. The SMILES string of the molecule is CNc1cc(Nc2cccn([C@@H]3C[C@H]3F)c2=O)nc2c(C(=O)NC3CC3)cnn12. The Morgan fingerprint density at radius 1 is 1.34 bits per heavy atom. The molecule has 0 bridgehead atoms. The van der Waals surface area contributed by atoms with Crippen LogP contribution in [0.5, 0.6) is 0 Å². The van der Waals surface area contributed by atoms with Crippen LogP contribution in [0, 0.1) is 0 Å². The van der Waals surface area contributed by atoms with Crippen LogP contribution in [0.15, 0.2) is 35.4 Å². The third kappa shape index (κ3) is 3.20. The number of nitrogens with zero attached hydrogens (tertiary/aromatic N) is 4. The molecule has 9 nitrogen and oxygen atoms in total. The van der Waals surface area contributed by atoms with Crippen molar-refractivity contribution in [2.24, 2.45) is 0 Å². The summed E-state index contributed by atoms with van der Waals surface area (Å²) in [6.45, 7) is 0. The fourth-order valence-corrected chi connectivity index (χ4v) is 3.30. The maximum Gasteiger partial charge on any atom is 0.274 e. The van der Waals surface area contributed by atoms with Gasteiger partial charge in [0.25, 0.3) is 11.5 Å². The lowest BCUT2D eigenvalue weighted by atomic mass is 10.3. The number of nitrogens with one attached hydrogen (secondary N) is 3. The zero-order chi connectivity index (χ0) is 20.1. The number of hydrogen-bond acceptors (Lipinski definition) is 6. The first-order chi connectivity index (χ1) is 14.0. The number of anilines is 3. The Morgan fingerprint density at radius 3 is 2.83 bits per heavy atom. The molecule has 2 atom stereocenters. The van der Waals surface area contributed by atoms with E-state index in [-0.39, 0.29) is 23.2 Å². The van der Waals surface area contributed by atoms with Gasteiger partial charge in [0, 0.05) is 31.8 Å². The Morgan fingerprint density at radius 2 is 2.14 bits per heavy atom. The number of carbonyl (C=O) groups excluding carboxylic acids is 1. The number of amides is 1. The van der Waals surface area contributed by atoms with Crippen LogP contribution in [0.25, 0.3) is 5.65 Å². The highest BCUT2D eigenvalue weighted by molar-refractivity contribution is 6.00. The summed E-state index contributed by atoms with van der Waals surface area (Å²) in [7, 11) is 1.73. The van der Waals surface area contributed by atoms with E-state index < -0.39 is 12.2 Å². The number of fused-ring (bicyclic) bond motifs is 1. The summed E-state index contributed by atoms with van der Waals surface area (Å²) >= 11 is 0. The molecule has 0 saturated heterocycles. The van der Waals surface area contributed by atoms with Crippen LogP contribution in [-0.4, -0.2) is 44.3 Å². The monoisotopic (exact) mass is 397 g/mol. The summed E-state index contributed by atoms with van der Waals surface area (Å²) in [4.78, 5) is 29.7. The Kier molecular flexibility index (Phi) is 4.00. The standard InChI is InChI=1S/C19H20FN7O2/c1-21-16-8-15(24-13-3-2-6-26(19(13)29)14-7-12(14)20)25-17-11(9-22-27(16)17)18(28)23-10-4-5-10/h2-3,6,8-10,12,14,21H,4-5,7H2,1H3,(H,23,28)(H,24,25)/t12-,14-/m1/s1. The lowest BCUT2D eigenvalue weighted by molar-refractivity contribution is 0.0952. The molecule has 3 heterocycles. The van der Waals surface area contributed by atoms with Crippen molar-refractivity contribution >= 4 is 28.9 Å². The molecule has 2 aliphatic rings. The highest BCUT2D eigenvalue weighted by atomic mass is 19.1. The van der Waals surface area contributed by atoms with Gasteiger partial charge in [0.05, 0.1) is 12.2 Å². The van der Waals surface area contributed by atoms with Crippen LogP contribution in [0.2, 0.25) is 0 Å². The lowest BCUT2D eigenvalue weighted by Gasteiger charge is -2.11. The molecule has 0 unspecified atom stereocenters. The number of hydrogen-bond donors (Lipinski definition) is 3. The maximum atomic E-state index is 13.4. The minimum atomic E-state index is -0.979. The largest absolute Gasteiger partial charge is 0.373 e. The second-order valence-corrected chi connectivity index (χ2v) is 7.40. The summed E-state index contributed by atoms with van der Waals surface area (Å²) in [5.74, 6) is 0.759. The van der Waals surface area contributed by atoms with Gasteiger partial charge in [-0.3, -0.25) is 9.59 Å². The Balaban J connectivity index is 1.52. The predicted molar refractivity (Wildman–Crippen MR) is 106 cm³/mol. The molecular weight excluding hydrogens is 377 g/mol. The first-order valence-corrected chi connectivity index (χ1v) is 9.55. The smallest absolute Gasteiger partial charge is 0.274 e. The molecule has 5 rings (SSSR count). The Labute approximate surface area is 164 Å². The summed E-state index contributed by atoms with van der Waals surface area (Å²) < 4.78 is 16.3. The number of carbonyl (C=O) groups is 1. The van der Waals surface area contributed by atoms with Gasteiger partial charge in [-0.1, -0.05) is 0 Å². The molecule has 3 aromatic heterocycles. The average molecular weight is 397 g/mol. The van der Waals surface area contributed by atoms with Crippen LogP contribution in [0.1, 0.15) is 35.7 Å². The first-order valence-electron chi connectivity index (χ1n) is 9.55. The second kappa shape index (κ2) is 6.57. The van der Waals surface area contributed by atoms with E-state index in [4.69, 9.17) is 0 Å². The van der Waals surface area contributed by atoms with Gasteiger partial charge in [-0.05, 0) is 25.0 Å². The zero-order valence-corrected chi connectivity index (χ0v) is 15.7. The molecule has 2 aliphatic carbocycles. The van der Waals surface area contributed by atoms with Gasteiger partial charge < -0.3 is 20.5 Å². The molecule has 2 fully saturated rings. The summed E-state index contributed by atoms with van der Waals surface area (Å²) in [6, 6.07) is 4.82. The summed E-state index contributed by atoms with van der Waals surface area (Å²) in [6.07, 6.45) is 4.40. The zero-order valence-electron chi connectivity index (χ0n) is 15.7. The van der Waals surface area contributed by atoms with Crippen LogP contribution in [-0.2, 0) is 0 Å². The average Bonchev–Trinajstić information content (AvgIpc) is 3.62. The molecule has 3 aromatic rings. The van der Waals surface area contributed by atoms with E-state index in [2.05, 4.69) is 26.0 Å². The molecule has 10 heteroatoms. The van der Waals surface area contributed by atoms with E-state index in [1.165, 1.54) is 15.3 Å². The van der Waals surface area contributed by atoms with Crippen molar-refractivity contribution in [1.29, 1.82) is 0 Å². The quantitative estimate of drug-likeness (QED) is 0.586. The van der Waals surface area contributed by atoms with E-state index in [1.54, 1.807) is 31.4 Å². The number of alkyl halides is 1. The molecule has 0 radical (unpaired) electrons. The third-order valence-corrected chi connectivity index (χ3v) is 5.16. The van der Waals surface area contributed by atoms with Gasteiger partial charge in [0.1, 0.15) is 29.1 Å². The van der Waals surface area contributed by atoms with Crippen molar-refractivity contribution in [2.75, 3.05) is 17.7 Å². The Hall–Kier alpha value is -3.43. The predicted octanol–water partition coefficient (Wildman–Crippen LogP) is 1.85. The fraction of sp³-hybridized carbons (Fsp3) is 0.368. The molecule has 0 aliphatic heterocycles. The van der Waals surface area contributed by atoms with E-state index in [9.17, 15) is 14.0 Å². The van der Waals surface area contributed by atoms with Gasteiger partial charge >= 0.3 is 0 Å². The fourth-order valence-electron chi connectivity index (χ4n) is 3.30. The summed E-state index contributed by atoms with van der Waals surface area (Å²) in [5, 5.41) is 13.2. The molecule has 0 spiro atoms. The number of rotatable bonds is 6. The van der Waals surface area contributed by atoms with Gasteiger partial charge in [-0.15, -0.1) is 0 Å². The van der Waals surface area contributed by atoms with Crippen LogP contribution >= 0.6 is 0 Å². The van der Waals surface area contributed by atoms with Crippen LogP contribution in [0.3, 0.4) is 0 Å². The number of halogens is 1. The van der Waals surface area contributed by atoms with Crippen molar-refractivity contribution in [3.05, 3.63) is 46.5 Å². The second-order valence-electron chi connectivity index (χ2n) is 7.40. The van der Waals surface area contributed by atoms with E-state index in [0.29, 0.717) is 29.3 Å². The normalized spacial score (nSPS) is 20.5. The van der Waals surface area contributed by atoms with Gasteiger partial charge in [0.15, 0.2) is 5.65 Å². The molecule has 0 aromatic carbocycles. The highest BCUT2D eigenvalue weighted by Gasteiger charge is 2.39. The van der Waals surface area contributed by atoms with Crippen LogP contribution in [0.4, 0.5) is 21.7 Å². The van der Waals surface area contributed by atoms with Crippen molar-refractivity contribution in [3.8, 4) is 0 Å². The van der Waals surface area contributed by atoms with Crippen molar-refractivity contribution in [1.82, 2.24) is 24.5 Å². The van der Waals surface area contributed by atoms with Gasteiger partial charge in [-0.2, -0.15) is 9.61 Å². The number of aromatic nitrogens is 4. The van der Waals surface area contributed by atoms with Gasteiger partial charge in [-0.25, -0.2) is 9.37 Å². The number of pyridine rings is 1.